The minimum Gasteiger partial charge on any atom is -0.466 e. The molecule has 2 atom stereocenters. The number of esters is 1. The van der Waals surface area contributed by atoms with Crippen LogP contribution < -0.4 is 5.32 Å². The van der Waals surface area contributed by atoms with Crippen molar-refractivity contribution in [3.05, 3.63) is 0 Å². The Hall–Kier alpha value is -0.610. The van der Waals surface area contributed by atoms with Gasteiger partial charge in [0.05, 0.1) is 18.6 Å². The molecule has 16 heavy (non-hydrogen) atoms. The van der Waals surface area contributed by atoms with Crippen molar-refractivity contribution in [1.82, 2.24) is 5.32 Å². The van der Waals surface area contributed by atoms with E-state index in [1.54, 1.807) is 13.8 Å². The summed E-state index contributed by atoms with van der Waals surface area (Å²) in [7, 11) is 0. The van der Waals surface area contributed by atoms with Crippen molar-refractivity contribution in [3.8, 4) is 0 Å². The number of carbonyl (C=O) groups excluding carboxylic acids is 1. The average molecular weight is 231 g/mol. The fraction of sp³-hybridized carbons (Fsp3) is 0.917. The maximum Gasteiger partial charge on any atom is 0.307 e. The Morgan fingerprint density at radius 2 is 2.12 bits per heavy atom. The largest absolute Gasteiger partial charge is 0.466 e. The molecule has 0 radical (unpaired) electrons. The van der Waals surface area contributed by atoms with E-state index in [0.717, 1.165) is 12.8 Å². The van der Waals surface area contributed by atoms with Gasteiger partial charge in [-0.3, -0.25) is 4.79 Å². The molecule has 0 heterocycles. The molecule has 0 aliphatic rings. The monoisotopic (exact) mass is 231 g/mol. The van der Waals surface area contributed by atoms with Gasteiger partial charge in [0, 0.05) is 12.6 Å². The van der Waals surface area contributed by atoms with E-state index in [4.69, 9.17) is 4.74 Å². The standard InChI is InChI=1S/C12H25NO3/c1-5-7-12(4,15)9-13-10(3)8-11(14)16-6-2/h10,13,15H,5-9H2,1-4H3. The zero-order valence-corrected chi connectivity index (χ0v) is 10.9. The van der Waals surface area contributed by atoms with E-state index < -0.39 is 5.60 Å². The summed E-state index contributed by atoms with van der Waals surface area (Å²) in [6.45, 7) is 8.47. The van der Waals surface area contributed by atoms with Crippen molar-refractivity contribution >= 4 is 5.97 Å². The minimum atomic E-state index is -0.697. The highest BCUT2D eigenvalue weighted by Gasteiger charge is 2.20. The first-order valence-electron chi connectivity index (χ1n) is 6.02. The Morgan fingerprint density at radius 3 is 2.62 bits per heavy atom. The van der Waals surface area contributed by atoms with Crippen LogP contribution in [0.15, 0.2) is 0 Å². The van der Waals surface area contributed by atoms with Crippen molar-refractivity contribution in [3.63, 3.8) is 0 Å². The van der Waals surface area contributed by atoms with Crippen molar-refractivity contribution < 1.29 is 14.6 Å². The molecule has 0 aromatic carbocycles. The highest BCUT2D eigenvalue weighted by molar-refractivity contribution is 5.69. The highest BCUT2D eigenvalue weighted by Crippen LogP contribution is 2.10. The molecule has 0 aliphatic heterocycles. The number of aliphatic hydroxyl groups is 1. The molecule has 0 saturated carbocycles. The van der Waals surface area contributed by atoms with Crippen LogP contribution >= 0.6 is 0 Å². The van der Waals surface area contributed by atoms with Crippen LogP contribution in [0.1, 0.15) is 47.0 Å². The zero-order chi connectivity index (χ0) is 12.6. The maximum absolute atomic E-state index is 11.2. The fourth-order valence-electron chi connectivity index (χ4n) is 1.56. The zero-order valence-electron chi connectivity index (χ0n) is 10.9. The summed E-state index contributed by atoms with van der Waals surface area (Å²) < 4.78 is 4.85. The quantitative estimate of drug-likeness (QED) is 0.621. The first-order valence-corrected chi connectivity index (χ1v) is 6.02. The third-order valence-corrected chi connectivity index (χ3v) is 2.40. The summed E-state index contributed by atoms with van der Waals surface area (Å²) in [4.78, 5) is 11.2. The van der Waals surface area contributed by atoms with Gasteiger partial charge in [-0.25, -0.2) is 0 Å². The number of hydrogen-bond donors (Lipinski definition) is 2. The van der Waals surface area contributed by atoms with Gasteiger partial charge in [-0.05, 0) is 27.2 Å². The molecule has 0 amide bonds. The SMILES string of the molecule is CCCC(C)(O)CNC(C)CC(=O)OCC. The smallest absolute Gasteiger partial charge is 0.307 e. The lowest BCUT2D eigenvalue weighted by molar-refractivity contribution is -0.143. The van der Waals surface area contributed by atoms with E-state index in [0.29, 0.717) is 19.6 Å². The van der Waals surface area contributed by atoms with Crippen molar-refractivity contribution in [2.24, 2.45) is 0 Å². The second-order valence-electron chi connectivity index (χ2n) is 4.54. The summed E-state index contributed by atoms with van der Waals surface area (Å²) in [5.74, 6) is -0.197. The fourth-order valence-corrected chi connectivity index (χ4v) is 1.56. The Labute approximate surface area is 98.4 Å². The van der Waals surface area contributed by atoms with Gasteiger partial charge >= 0.3 is 5.97 Å². The molecule has 0 bridgehead atoms. The molecule has 0 aliphatic carbocycles. The van der Waals surface area contributed by atoms with Gasteiger partial charge in [0.2, 0.25) is 0 Å². The van der Waals surface area contributed by atoms with Crippen LogP contribution in [0.5, 0.6) is 0 Å². The first kappa shape index (κ1) is 15.4. The van der Waals surface area contributed by atoms with Crippen LogP contribution in [0.2, 0.25) is 0 Å². The molecule has 4 nitrogen and oxygen atoms in total. The van der Waals surface area contributed by atoms with Crippen molar-refractivity contribution in [2.45, 2.75) is 58.6 Å². The summed E-state index contributed by atoms with van der Waals surface area (Å²) >= 11 is 0. The number of hydrogen-bond acceptors (Lipinski definition) is 4. The lowest BCUT2D eigenvalue weighted by atomic mass is 10.0. The number of nitrogens with one attached hydrogen (secondary N) is 1. The molecule has 4 heteroatoms. The van der Waals surface area contributed by atoms with E-state index in [2.05, 4.69) is 5.32 Å². The van der Waals surface area contributed by atoms with Gasteiger partial charge in [-0.2, -0.15) is 0 Å². The molecule has 2 unspecified atom stereocenters. The molecule has 0 aromatic rings. The van der Waals surface area contributed by atoms with Crippen LogP contribution in [0.4, 0.5) is 0 Å². The average Bonchev–Trinajstić information content (AvgIpc) is 2.15. The third kappa shape index (κ3) is 7.65. The normalized spacial score (nSPS) is 16.6. The molecule has 2 N–H and O–H groups in total. The summed E-state index contributed by atoms with van der Waals surface area (Å²) in [6.07, 6.45) is 2.04. The summed E-state index contributed by atoms with van der Waals surface area (Å²) in [5.41, 5.74) is -0.697. The van der Waals surface area contributed by atoms with Gasteiger partial charge in [0.15, 0.2) is 0 Å². The van der Waals surface area contributed by atoms with Crippen LogP contribution in [0.25, 0.3) is 0 Å². The predicted molar refractivity (Wildman–Crippen MR) is 64.2 cm³/mol. The van der Waals surface area contributed by atoms with Crippen molar-refractivity contribution in [1.29, 1.82) is 0 Å². The predicted octanol–water partition coefficient (Wildman–Crippen LogP) is 1.47. The van der Waals surface area contributed by atoms with E-state index >= 15 is 0 Å². The lowest BCUT2D eigenvalue weighted by Crippen LogP contribution is -2.42. The first-order chi connectivity index (χ1) is 7.41. The Bertz CT molecular complexity index is 204. The van der Waals surface area contributed by atoms with Crippen LogP contribution in [-0.2, 0) is 9.53 Å². The molecule has 0 rings (SSSR count). The van der Waals surface area contributed by atoms with Crippen LogP contribution in [0.3, 0.4) is 0 Å². The van der Waals surface area contributed by atoms with E-state index in [1.807, 2.05) is 13.8 Å². The number of rotatable bonds is 8. The van der Waals surface area contributed by atoms with Crippen LogP contribution in [0, 0.1) is 0 Å². The topological polar surface area (TPSA) is 58.6 Å². The lowest BCUT2D eigenvalue weighted by Gasteiger charge is -2.25. The van der Waals surface area contributed by atoms with Gasteiger partial charge in [0.1, 0.15) is 0 Å². The number of carbonyl (C=O) groups is 1. The second-order valence-corrected chi connectivity index (χ2v) is 4.54. The molecule has 0 fully saturated rings. The minimum absolute atomic E-state index is 0.0300. The Balaban J connectivity index is 3.79. The van der Waals surface area contributed by atoms with Gasteiger partial charge in [0.25, 0.3) is 0 Å². The Morgan fingerprint density at radius 1 is 1.50 bits per heavy atom. The molecular weight excluding hydrogens is 206 g/mol. The third-order valence-electron chi connectivity index (χ3n) is 2.40. The molecular formula is C12H25NO3. The Kier molecular flexibility index (Phi) is 7.34. The van der Waals surface area contributed by atoms with Gasteiger partial charge in [-0.15, -0.1) is 0 Å². The number of ether oxygens (including phenoxy) is 1. The van der Waals surface area contributed by atoms with Gasteiger partial charge in [-0.1, -0.05) is 13.3 Å². The van der Waals surface area contributed by atoms with E-state index in [1.165, 1.54) is 0 Å². The highest BCUT2D eigenvalue weighted by atomic mass is 16.5. The van der Waals surface area contributed by atoms with E-state index in [9.17, 15) is 9.90 Å². The summed E-state index contributed by atoms with van der Waals surface area (Å²) in [6, 6.07) is 0.0300. The maximum atomic E-state index is 11.2. The molecule has 0 aromatic heterocycles. The molecule has 0 saturated heterocycles. The molecule has 0 spiro atoms. The van der Waals surface area contributed by atoms with Crippen molar-refractivity contribution in [2.75, 3.05) is 13.2 Å². The second kappa shape index (κ2) is 7.63. The summed E-state index contributed by atoms with van der Waals surface area (Å²) in [5, 5.41) is 13.1. The van der Waals surface area contributed by atoms with Gasteiger partial charge < -0.3 is 15.2 Å². The molecule has 96 valence electrons. The van der Waals surface area contributed by atoms with Crippen LogP contribution in [-0.4, -0.2) is 35.9 Å². The van der Waals surface area contributed by atoms with E-state index in [-0.39, 0.29) is 12.0 Å².